The molecule has 1 saturated carbocycles. The Morgan fingerprint density at radius 2 is 1.92 bits per heavy atom. The highest BCUT2D eigenvalue weighted by atomic mass is 16.5. The molecule has 0 unspecified atom stereocenters. The maximum atomic E-state index is 12.4. The van der Waals surface area contributed by atoms with E-state index in [0.29, 0.717) is 29.0 Å². The number of carbonyl (C=O) groups is 1. The van der Waals surface area contributed by atoms with Gasteiger partial charge in [-0.25, -0.2) is 9.97 Å². The number of ether oxygens (including phenoxy) is 1. The van der Waals surface area contributed by atoms with E-state index in [1.165, 1.54) is 12.8 Å². The number of hydrogen-bond donors (Lipinski definition) is 2. The van der Waals surface area contributed by atoms with E-state index in [4.69, 9.17) is 4.74 Å². The van der Waals surface area contributed by atoms with Crippen molar-refractivity contribution in [2.45, 2.75) is 38.6 Å². The lowest BCUT2D eigenvalue weighted by atomic mass is 10.2. The number of benzene rings is 1. The van der Waals surface area contributed by atoms with Gasteiger partial charge >= 0.3 is 0 Å². The highest BCUT2D eigenvalue weighted by Gasteiger charge is 2.16. The van der Waals surface area contributed by atoms with Crippen LogP contribution in [-0.2, 0) is 0 Å². The van der Waals surface area contributed by atoms with Crippen molar-refractivity contribution in [3.8, 4) is 5.75 Å². The Hall–Kier alpha value is -2.63. The van der Waals surface area contributed by atoms with E-state index in [1.54, 1.807) is 19.5 Å². The van der Waals surface area contributed by atoms with Gasteiger partial charge in [0.15, 0.2) is 0 Å². The first-order valence-corrected chi connectivity index (χ1v) is 8.20. The molecule has 1 aliphatic carbocycles. The lowest BCUT2D eigenvalue weighted by molar-refractivity contribution is 0.102. The van der Waals surface area contributed by atoms with E-state index in [1.807, 2.05) is 25.1 Å². The molecule has 1 amide bonds. The van der Waals surface area contributed by atoms with Gasteiger partial charge in [-0.15, -0.1) is 0 Å². The summed E-state index contributed by atoms with van der Waals surface area (Å²) < 4.78 is 5.27. The third-order valence-electron chi connectivity index (χ3n) is 4.21. The minimum Gasteiger partial charge on any atom is -0.495 e. The van der Waals surface area contributed by atoms with Gasteiger partial charge in [0.25, 0.3) is 5.91 Å². The zero-order valence-corrected chi connectivity index (χ0v) is 14.0. The molecule has 3 rings (SSSR count). The maximum Gasteiger partial charge on any atom is 0.258 e. The smallest absolute Gasteiger partial charge is 0.258 e. The molecular formula is C18H22N4O2. The number of hydrogen-bond acceptors (Lipinski definition) is 5. The van der Waals surface area contributed by atoms with E-state index in [9.17, 15) is 4.79 Å². The summed E-state index contributed by atoms with van der Waals surface area (Å²) in [6.07, 6.45) is 7.88. The molecule has 0 radical (unpaired) electrons. The van der Waals surface area contributed by atoms with Gasteiger partial charge in [0.1, 0.15) is 5.75 Å². The minimum absolute atomic E-state index is 0.258. The van der Waals surface area contributed by atoms with Crippen LogP contribution in [0.3, 0.4) is 0 Å². The fourth-order valence-electron chi connectivity index (χ4n) is 2.89. The molecule has 0 bridgehead atoms. The van der Waals surface area contributed by atoms with Crippen LogP contribution in [0.2, 0.25) is 0 Å². The Morgan fingerprint density at radius 3 is 2.58 bits per heavy atom. The molecule has 1 heterocycles. The van der Waals surface area contributed by atoms with Crippen molar-refractivity contribution >= 4 is 17.5 Å². The van der Waals surface area contributed by atoms with E-state index in [0.717, 1.165) is 18.4 Å². The summed E-state index contributed by atoms with van der Waals surface area (Å²) in [5, 5.41) is 6.16. The van der Waals surface area contributed by atoms with Crippen LogP contribution in [0.1, 0.15) is 41.6 Å². The third-order valence-corrected chi connectivity index (χ3v) is 4.21. The summed E-state index contributed by atoms with van der Waals surface area (Å²) in [5.74, 6) is 0.937. The standard InChI is InChI=1S/C18H22N4O2/c1-12-7-8-16(24-2)15(9-12)22-17(23)13-10-19-18(20-11-13)21-14-5-3-4-6-14/h7-11,14H,3-6H2,1-2H3,(H,22,23)(H,19,20,21). The van der Waals surface area contributed by atoms with Crippen LogP contribution < -0.4 is 15.4 Å². The number of nitrogens with zero attached hydrogens (tertiary/aromatic N) is 2. The van der Waals surface area contributed by atoms with Gasteiger partial charge in [0, 0.05) is 18.4 Å². The normalized spacial score (nSPS) is 14.4. The number of aromatic nitrogens is 2. The summed E-state index contributed by atoms with van der Waals surface area (Å²) >= 11 is 0. The molecule has 0 aliphatic heterocycles. The van der Waals surface area contributed by atoms with Crippen LogP contribution in [0.4, 0.5) is 11.6 Å². The lowest BCUT2D eigenvalue weighted by Crippen LogP contribution is -2.18. The zero-order valence-electron chi connectivity index (χ0n) is 14.0. The highest BCUT2D eigenvalue weighted by molar-refractivity contribution is 6.04. The predicted molar refractivity (Wildman–Crippen MR) is 93.6 cm³/mol. The molecule has 1 aromatic carbocycles. The Bertz CT molecular complexity index is 709. The van der Waals surface area contributed by atoms with Crippen LogP contribution in [0.15, 0.2) is 30.6 Å². The second kappa shape index (κ2) is 7.29. The fourth-order valence-corrected chi connectivity index (χ4v) is 2.89. The molecule has 2 N–H and O–H groups in total. The largest absolute Gasteiger partial charge is 0.495 e. The van der Waals surface area contributed by atoms with Crippen molar-refractivity contribution < 1.29 is 9.53 Å². The first-order valence-electron chi connectivity index (χ1n) is 8.20. The molecule has 1 aromatic heterocycles. The van der Waals surface area contributed by atoms with E-state index in [-0.39, 0.29) is 5.91 Å². The predicted octanol–water partition coefficient (Wildman–Crippen LogP) is 3.40. The third kappa shape index (κ3) is 3.82. The number of rotatable bonds is 5. The van der Waals surface area contributed by atoms with E-state index in [2.05, 4.69) is 20.6 Å². The Labute approximate surface area is 141 Å². The molecule has 0 spiro atoms. The molecule has 0 atom stereocenters. The summed E-state index contributed by atoms with van der Waals surface area (Å²) in [6, 6.07) is 6.08. The average molecular weight is 326 g/mol. The molecule has 6 nitrogen and oxygen atoms in total. The van der Waals surface area contributed by atoms with Crippen LogP contribution in [0.25, 0.3) is 0 Å². The van der Waals surface area contributed by atoms with E-state index >= 15 is 0 Å². The number of methoxy groups -OCH3 is 1. The molecule has 2 aromatic rings. The quantitative estimate of drug-likeness (QED) is 0.880. The molecule has 6 heteroatoms. The minimum atomic E-state index is -0.258. The average Bonchev–Trinajstić information content (AvgIpc) is 3.09. The molecule has 24 heavy (non-hydrogen) atoms. The number of amides is 1. The maximum absolute atomic E-state index is 12.4. The molecule has 1 fully saturated rings. The Balaban J connectivity index is 1.67. The second-order valence-corrected chi connectivity index (χ2v) is 6.08. The van der Waals surface area contributed by atoms with Crippen molar-refractivity contribution in [3.05, 3.63) is 41.7 Å². The Kier molecular flexibility index (Phi) is 4.93. The lowest BCUT2D eigenvalue weighted by Gasteiger charge is -2.12. The SMILES string of the molecule is COc1ccc(C)cc1NC(=O)c1cnc(NC2CCCC2)nc1. The van der Waals surface area contributed by atoms with Crippen molar-refractivity contribution in [2.75, 3.05) is 17.7 Å². The van der Waals surface area contributed by atoms with E-state index < -0.39 is 0 Å². The molecule has 0 saturated heterocycles. The van der Waals surface area contributed by atoms with Crippen molar-refractivity contribution in [1.29, 1.82) is 0 Å². The first kappa shape index (κ1) is 16.2. The summed E-state index contributed by atoms with van der Waals surface area (Å²) in [7, 11) is 1.58. The summed E-state index contributed by atoms with van der Waals surface area (Å²) in [6.45, 7) is 1.96. The highest BCUT2D eigenvalue weighted by Crippen LogP contribution is 2.25. The number of carbonyl (C=O) groups excluding carboxylic acids is 1. The number of anilines is 2. The molecule has 126 valence electrons. The summed E-state index contributed by atoms with van der Waals surface area (Å²) in [4.78, 5) is 20.9. The van der Waals surface area contributed by atoms with Crippen LogP contribution in [0.5, 0.6) is 5.75 Å². The monoisotopic (exact) mass is 326 g/mol. The van der Waals surface area contributed by atoms with Gasteiger partial charge in [-0.3, -0.25) is 4.79 Å². The van der Waals surface area contributed by atoms with Gasteiger partial charge in [-0.05, 0) is 37.5 Å². The van der Waals surface area contributed by atoms with Gasteiger partial charge in [0.05, 0.1) is 18.4 Å². The van der Waals surface area contributed by atoms with Gasteiger partial charge in [0.2, 0.25) is 5.95 Å². The van der Waals surface area contributed by atoms with Crippen LogP contribution >= 0.6 is 0 Å². The Morgan fingerprint density at radius 1 is 1.21 bits per heavy atom. The molecule has 1 aliphatic rings. The van der Waals surface area contributed by atoms with Crippen molar-refractivity contribution in [2.24, 2.45) is 0 Å². The number of nitrogens with one attached hydrogen (secondary N) is 2. The number of aryl methyl sites for hydroxylation is 1. The second-order valence-electron chi connectivity index (χ2n) is 6.08. The first-order chi connectivity index (χ1) is 11.7. The van der Waals surface area contributed by atoms with Gasteiger partial charge < -0.3 is 15.4 Å². The van der Waals surface area contributed by atoms with Crippen molar-refractivity contribution in [1.82, 2.24) is 9.97 Å². The fraction of sp³-hybridized carbons (Fsp3) is 0.389. The molecular weight excluding hydrogens is 304 g/mol. The van der Waals surface area contributed by atoms with Gasteiger partial charge in [-0.1, -0.05) is 18.9 Å². The summed E-state index contributed by atoms with van der Waals surface area (Å²) in [5.41, 5.74) is 2.09. The van der Waals surface area contributed by atoms with Crippen LogP contribution in [0, 0.1) is 6.92 Å². The zero-order chi connectivity index (χ0) is 16.9. The topological polar surface area (TPSA) is 76.1 Å². The van der Waals surface area contributed by atoms with Crippen LogP contribution in [-0.4, -0.2) is 29.0 Å². The van der Waals surface area contributed by atoms with Gasteiger partial charge in [-0.2, -0.15) is 0 Å². The van der Waals surface area contributed by atoms with Crippen molar-refractivity contribution in [3.63, 3.8) is 0 Å².